The van der Waals surface area contributed by atoms with Gasteiger partial charge in [-0.15, -0.1) is 0 Å². The number of carbonyl (C=O) groups is 1. The number of nitrogens with one attached hydrogen (secondary N) is 1. The molecule has 1 aliphatic rings. The molecule has 0 aliphatic heterocycles. The number of rotatable bonds is 5. The van der Waals surface area contributed by atoms with E-state index in [1.807, 2.05) is 25.1 Å². The zero-order valence-electron chi connectivity index (χ0n) is 16.9. The lowest BCUT2D eigenvalue weighted by atomic mass is 9.87. The van der Waals surface area contributed by atoms with E-state index < -0.39 is 6.10 Å². The first-order chi connectivity index (χ1) is 12.9. The Bertz CT molecular complexity index is 774. The molecule has 3 nitrogen and oxygen atoms in total. The smallest absolute Gasteiger partial charge is 0.261 e. The molecule has 1 N–H and O–H groups in total. The van der Waals surface area contributed by atoms with Crippen LogP contribution in [0.4, 0.5) is 0 Å². The standard InChI is InChI=1S/C24H31NO2/c1-5-22(27-19-15-13-18(14-16-19)24(2,3)4)23(26)25-21-12-8-10-17-9-6-7-11-20(17)21/h6-7,9,11,13-16,21-22H,5,8,10,12H2,1-4H3,(H,25,26)/t21-,22-/m0/s1. The highest BCUT2D eigenvalue weighted by Gasteiger charge is 2.26. The van der Waals surface area contributed by atoms with Gasteiger partial charge in [0.05, 0.1) is 6.04 Å². The second kappa shape index (κ2) is 8.16. The lowest BCUT2D eigenvalue weighted by molar-refractivity contribution is -0.129. The van der Waals surface area contributed by atoms with Crippen LogP contribution in [-0.2, 0) is 16.6 Å². The van der Waals surface area contributed by atoms with Gasteiger partial charge in [-0.25, -0.2) is 0 Å². The van der Waals surface area contributed by atoms with Gasteiger partial charge in [-0.3, -0.25) is 4.79 Å². The summed E-state index contributed by atoms with van der Waals surface area (Å²) < 4.78 is 6.01. The Morgan fingerprint density at radius 3 is 2.52 bits per heavy atom. The summed E-state index contributed by atoms with van der Waals surface area (Å²) in [7, 11) is 0. The first-order valence-electron chi connectivity index (χ1n) is 10.0. The van der Waals surface area contributed by atoms with E-state index in [9.17, 15) is 4.79 Å². The topological polar surface area (TPSA) is 38.3 Å². The van der Waals surface area contributed by atoms with E-state index in [0.29, 0.717) is 6.42 Å². The molecule has 0 saturated carbocycles. The van der Waals surface area contributed by atoms with Crippen molar-refractivity contribution in [2.24, 2.45) is 0 Å². The zero-order valence-corrected chi connectivity index (χ0v) is 16.9. The molecule has 0 spiro atoms. The molecule has 0 bridgehead atoms. The van der Waals surface area contributed by atoms with Crippen molar-refractivity contribution in [3.8, 4) is 5.75 Å². The van der Waals surface area contributed by atoms with Crippen LogP contribution in [0, 0.1) is 0 Å². The maximum absolute atomic E-state index is 12.8. The Morgan fingerprint density at radius 1 is 1.15 bits per heavy atom. The maximum atomic E-state index is 12.8. The number of amides is 1. The summed E-state index contributed by atoms with van der Waals surface area (Å²) in [6.07, 6.45) is 3.35. The number of aryl methyl sites for hydroxylation is 1. The van der Waals surface area contributed by atoms with Crippen molar-refractivity contribution in [3.63, 3.8) is 0 Å². The molecule has 2 atom stereocenters. The molecule has 0 heterocycles. The third-order valence-corrected chi connectivity index (χ3v) is 5.35. The highest BCUT2D eigenvalue weighted by molar-refractivity contribution is 5.81. The second-order valence-corrected chi connectivity index (χ2v) is 8.44. The Morgan fingerprint density at radius 2 is 1.85 bits per heavy atom. The van der Waals surface area contributed by atoms with Crippen LogP contribution in [0.25, 0.3) is 0 Å². The number of fused-ring (bicyclic) bond motifs is 1. The third kappa shape index (κ3) is 4.71. The molecule has 144 valence electrons. The number of hydrogen-bond acceptors (Lipinski definition) is 2. The quantitative estimate of drug-likeness (QED) is 0.777. The minimum Gasteiger partial charge on any atom is -0.481 e. The summed E-state index contributed by atoms with van der Waals surface area (Å²) in [6, 6.07) is 16.6. The lowest BCUT2D eigenvalue weighted by Crippen LogP contribution is -2.41. The first-order valence-corrected chi connectivity index (χ1v) is 10.0. The SMILES string of the molecule is CC[C@H](Oc1ccc(C(C)(C)C)cc1)C(=O)N[C@H]1CCCc2ccccc21. The molecule has 2 aromatic rings. The van der Waals surface area contributed by atoms with Crippen molar-refractivity contribution in [3.05, 3.63) is 65.2 Å². The van der Waals surface area contributed by atoms with Crippen LogP contribution in [0.2, 0.25) is 0 Å². The number of hydrogen-bond donors (Lipinski definition) is 1. The van der Waals surface area contributed by atoms with Crippen molar-refractivity contribution < 1.29 is 9.53 Å². The number of benzene rings is 2. The van der Waals surface area contributed by atoms with Crippen molar-refractivity contribution in [1.29, 1.82) is 0 Å². The van der Waals surface area contributed by atoms with Crippen molar-refractivity contribution >= 4 is 5.91 Å². The van der Waals surface area contributed by atoms with Crippen molar-refractivity contribution in [1.82, 2.24) is 5.32 Å². The summed E-state index contributed by atoms with van der Waals surface area (Å²) >= 11 is 0. The highest BCUT2D eigenvalue weighted by atomic mass is 16.5. The average Bonchev–Trinajstić information content (AvgIpc) is 2.66. The van der Waals surface area contributed by atoms with Gasteiger partial charge in [-0.1, -0.05) is 64.1 Å². The van der Waals surface area contributed by atoms with E-state index in [2.05, 4.69) is 56.4 Å². The van der Waals surface area contributed by atoms with E-state index in [1.54, 1.807) is 0 Å². The Labute approximate surface area is 163 Å². The van der Waals surface area contributed by atoms with E-state index in [0.717, 1.165) is 25.0 Å². The summed E-state index contributed by atoms with van der Waals surface area (Å²) in [6.45, 7) is 8.55. The van der Waals surface area contributed by atoms with E-state index >= 15 is 0 Å². The van der Waals surface area contributed by atoms with Gasteiger partial charge in [0, 0.05) is 0 Å². The molecule has 3 rings (SSSR count). The van der Waals surface area contributed by atoms with Gasteiger partial charge in [0.2, 0.25) is 0 Å². The molecule has 0 radical (unpaired) electrons. The van der Waals surface area contributed by atoms with Crippen LogP contribution >= 0.6 is 0 Å². The van der Waals surface area contributed by atoms with Gasteiger partial charge in [-0.05, 0) is 59.9 Å². The average molecular weight is 366 g/mol. The monoisotopic (exact) mass is 365 g/mol. The predicted octanol–water partition coefficient (Wildman–Crippen LogP) is 5.34. The van der Waals surface area contributed by atoms with Gasteiger partial charge in [0.25, 0.3) is 5.91 Å². The fourth-order valence-electron chi connectivity index (χ4n) is 3.69. The van der Waals surface area contributed by atoms with Crippen LogP contribution in [0.1, 0.15) is 69.7 Å². The third-order valence-electron chi connectivity index (χ3n) is 5.35. The number of ether oxygens (including phenoxy) is 1. The lowest BCUT2D eigenvalue weighted by Gasteiger charge is -2.28. The molecule has 1 aliphatic carbocycles. The molecule has 2 aromatic carbocycles. The molecular formula is C24H31NO2. The highest BCUT2D eigenvalue weighted by Crippen LogP contribution is 2.30. The van der Waals surface area contributed by atoms with Crippen LogP contribution in [-0.4, -0.2) is 12.0 Å². The summed E-state index contributed by atoms with van der Waals surface area (Å²) in [5.74, 6) is 0.716. The Balaban J connectivity index is 1.67. The van der Waals surface area contributed by atoms with Crippen LogP contribution in [0.5, 0.6) is 5.75 Å². The van der Waals surface area contributed by atoms with Gasteiger partial charge < -0.3 is 10.1 Å². The van der Waals surface area contributed by atoms with Crippen molar-refractivity contribution in [2.45, 2.75) is 70.9 Å². The molecule has 1 amide bonds. The summed E-state index contributed by atoms with van der Waals surface area (Å²) in [5.41, 5.74) is 3.96. The van der Waals surface area contributed by atoms with E-state index in [1.165, 1.54) is 16.7 Å². The normalized spacial score (nSPS) is 17.7. The van der Waals surface area contributed by atoms with Crippen LogP contribution < -0.4 is 10.1 Å². The predicted molar refractivity (Wildman–Crippen MR) is 110 cm³/mol. The Kier molecular flexibility index (Phi) is 5.88. The molecule has 0 saturated heterocycles. The maximum Gasteiger partial charge on any atom is 0.261 e. The molecule has 3 heteroatoms. The van der Waals surface area contributed by atoms with E-state index in [4.69, 9.17) is 4.74 Å². The molecule has 27 heavy (non-hydrogen) atoms. The minimum atomic E-state index is -0.473. The van der Waals surface area contributed by atoms with Gasteiger partial charge in [-0.2, -0.15) is 0 Å². The first kappa shape index (κ1) is 19.5. The Hall–Kier alpha value is -2.29. The van der Waals surface area contributed by atoms with Gasteiger partial charge >= 0.3 is 0 Å². The fraction of sp³-hybridized carbons (Fsp3) is 0.458. The molecule has 0 aromatic heterocycles. The van der Waals surface area contributed by atoms with Crippen LogP contribution in [0.3, 0.4) is 0 Å². The molecular weight excluding hydrogens is 334 g/mol. The number of carbonyl (C=O) groups excluding carboxylic acids is 1. The molecule has 0 fully saturated rings. The van der Waals surface area contributed by atoms with Crippen LogP contribution in [0.15, 0.2) is 48.5 Å². The molecule has 0 unspecified atom stereocenters. The zero-order chi connectivity index (χ0) is 19.4. The van der Waals surface area contributed by atoms with Crippen molar-refractivity contribution in [2.75, 3.05) is 0 Å². The summed E-state index contributed by atoms with van der Waals surface area (Å²) in [5, 5.41) is 3.22. The minimum absolute atomic E-state index is 0.0286. The fourth-order valence-corrected chi connectivity index (χ4v) is 3.69. The second-order valence-electron chi connectivity index (χ2n) is 8.44. The largest absolute Gasteiger partial charge is 0.481 e. The van der Waals surface area contributed by atoms with Gasteiger partial charge in [0.1, 0.15) is 5.75 Å². The van der Waals surface area contributed by atoms with Gasteiger partial charge in [0.15, 0.2) is 6.10 Å². The van der Waals surface area contributed by atoms with E-state index in [-0.39, 0.29) is 17.4 Å². The summed E-state index contributed by atoms with van der Waals surface area (Å²) in [4.78, 5) is 12.8.